The highest BCUT2D eigenvalue weighted by molar-refractivity contribution is 7.15. The maximum absolute atomic E-state index is 11.9. The molecule has 1 atom stereocenters. The van der Waals surface area contributed by atoms with Gasteiger partial charge < -0.3 is 10.4 Å². The van der Waals surface area contributed by atoms with E-state index in [0.717, 1.165) is 25.0 Å². The number of rotatable bonds is 4. The number of aliphatic carboxylic acids is 1. The lowest BCUT2D eigenvalue weighted by atomic mass is 10.2. The molecule has 2 amide bonds. The molecule has 1 aliphatic rings. The van der Waals surface area contributed by atoms with Gasteiger partial charge in [-0.2, -0.15) is 0 Å². The van der Waals surface area contributed by atoms with Crippen LogP contribution in [-0.4, -0.2) is 22.1 Å². The third kappa shape index (κ3) is 3.06. The largest absolute Gasteiger partial charge is 0.479 e. The predicted molar refractivity (Wildman–Crippen MR) is 81.0 cm³/mol. The van der Waals surface area contributed by atoms with Crippen LogP contribution < -0.4 is 10.6 Å². The lowest BCUT2D eigenvalue weighted by Crippen LogP contribution is -2.36. The summed E-state index contributed by atoms with van der Waals surface area (Å²) in [6.45, 7) is 0. The van der Waals surface area contributed by atoms with Crippen LogP contribution in [0.1, 0.15) is 27.9 Å². The average Bonchev–Trinajstić information content (AvgIpc) is 3.11. The maximum atomic E-state index is 11.9. The Morgan fingerprint density at radius 1 is 1.38 bits per heavy atom. The number of fused-ring (bicyclic) bond motifs is 1. The number of carbonyl (C=O) groups is 2. The summed E-state index contributed by atoms with van der Waals surface area (Å²) in [6.07, 6.45) is 3.06. The molecule has 21 heavy (non-hydrogen) atoms. The Labute approximate surface area is 128 Å². The van der Waals surface area contributed by atoms with E-state index < -0.39 is 18.0 Å². The Hall–Kier alpha value is -1.93. The molecule has 0 radical (unpaired) electrons. The molecule has 2 aromatic rings. The summed E-state index contributed by atoms with van der Waals surface area (Å²) < 4.78 is 0. The Morgan fingerprint density at radius 3 is 2.90 bits per heavy atom. The van der Waals surface area contributed by atoms with Crippen LogP contribution in [0.2, 0.25) is 0 Å². The van der Waals surface area contributed by atoms with E-state index >= 15 is 0 Å². The standard InChI is InChI=1S/C13H13N3O3S2/c17-11(18)10(9-5-2-6-20-9)15-12(19)16-13-14-7-3-1-4-8(7)21-13/h2,5-6,10H,1,3-4H2,(H,17,18)(H2,14,15,16,19). The number of hydrogen-bond donors (Lipinski definition) is 3. The van der Waals surface area contributed by atoms with Crippen molar-refractivity contribution in [1.29, 1.82) is 0 Å². The summed E-state index contributed by atoms with van der Waals surface area (Å²) in [6, 6.07) is 1.84. The SMILES string of the molecule is O=C(Nc1nc2c(s1)CCC2)NC(C(=O)O)c1cccs1. The minimum absolute atomic E-state index is 0.521. The molecule has 0 aromatic carbocycles. The van der Waals surface area contributed by atoms with Gasteiger partial charge in [-0.05, 0) is 30.7 Å². The van der Waals surface area contributed by atoms with Crippen LogP contribution in [0.5, 0.6) is 0 Å². The van der Waals surface area contributed by atoms with Crippen molar-refractivity contribution in [1.82, 2.24) is 10.3 Å². The maximum Gasteiger partial charge on any atom is 0.331 e. The number of aromatic nitrogens is 1. The zero-order valence-electron chi connectivity index (χ0n) is 11.0. The molecule has 1 aliphatic carbocycles. The van der Waals surface area contributed by atoms with E-state index in [-0.39, 0.29) is 0 Å². The minimum Gasteiger partial charge on any atom is -0.479 e. The van der Waals surface area contributed by atoms with Crippen LogP contribution in [0.4, 0.5) is 9.93 Å². The number of anilines is 1. The quantitative estimate of drug-likeness (QED) is 0.806. The molecule has 6 nitrogen and oxygen atoms in total. The van der Waals surface area contributed by atoms with Crippen LogP contribution in [0.25, 0.3) is 0 Å². The second-order valence-electron chi connectivity index (χ2n) is 4.63. The van der Waals surface area contributed by atoms with Crippen molar-refractivity contribution in [2.45, 2.75) is 25.3 Å². The zero-order valence-corrected chi connectivity index (χ0v) is 12.6. The number of aryl methyl sites for hydroxylation is 2. The van der Waals surface area contributed by atoms with Crippen molar-refractivity contribution < 1.29 is 14.7 Å². The van der Waals surface area contributed by atoms with Crippen molar-refractivity contribution in [2.24, 2.45) is 0 Å². The average molecular weight is 323 g/mol. The normalized spacial score (nSPS) is 14.5. The summed E-state index contributed by atoms with van der Waals surface area (Å²) in [4.78, 5) is 29.3. The fourth-order valence-corrected chi connectivity index (χ4v) is 4.03. The Balaban J connectivity index is 1.66. The monoisotopic (exact) mass is 323 g/mol. The fraction of sp³-hybridized carbons (Fsp3) is 0.308. The Kier molecular flexibility index (Phi) is 3.89. The number of thiazole rings is 1. The van der Waals surface area contributed by atoms with Crippen LogP contribution in [0.15, 0.2) is 17.5 Å². The number of carboxylic acids is 1. The van der Waals surface area contributed by atoms with E-state index in [9.17, 15) is 14.7 Å². The van der Waals surface area contributed by atoms with Gasteiger partial charge >= 0.3 is 12.0 Å². The first-order chi connectivity index (χ1) is 10.1. The molecule has 3 N–H and O–H groups in total. The number of nitrogens with one attached hydrogen (secondary N) is 2. The van der Waals surface area contributed by atoms with E-state index in [1.807, 2.05) is 0 Å². The third-order valence-corrected chi connectivity index (χ3v) is 5.18. The van der Waals surface area contributed by atoms with Crippen molar-refractivity contribution in [3.63, 3.8) is 0 Å². The van der Waals surface area contributed by atoms with Crippen molar-refractivity contribution in [3.05, 3.63) is 33.0 Å². The van der Waals surface area contributed by atoms with E-state index in [2.05, 4.69) is 15.6 Å². The molecule has 0 bridgehead atoms. The van der Waals surface area contributed by atoms with E-state index in [4.69, 9.17) is 0 Å². The zero-order chi connectivity index (χ0) is 14.8. The lowest BCUT2D eigenvalue weighted by molar-refractivity contribution is -0.139. The second-order valence-corrected chi connectivity index (χ2v) is 6.69. The van der Waals surface area contributed by atoms with Gasteiger partial charge in [-0.3, -0.25) is 5.32 Å². The first-order valence-electron chi connectivity index (χ1n) is 6.46. The first-order valence-corrected chi connectivity index (χ1v) is 8.15. The molecule has 8 heteroatoms. The van der Waals surface area contributed by atoms with Crippen molar-refractivity contribution >= 4 is 39.8 Å². The molecule has 0 saturated carbocycles. The molecule has 3 rings (SSSR count). The first kappa shape index (κ1) is 14.0. The molecule has 0 aliphatic heterocycles. The van der Waals surface area contributed by atoms with Gasteiger partial charge in [-0.1, -0.05) is 6.07 Å². The van der Waals surface area contributed by atoms with Gasteiger partial charge in [-0.15, -0.1) is 22.7 Å². The third-order valence-electron chi connectivity index (χ3n) is 3.17. The van der Waals surface area contributed by atoms with E-state index in [1.54, 1.807) is 17.5 Å². The summed E-state index contributed by atoms with van der Waals surface area (Å²) in [5, 5.41) is 16.6. The number of thiophene rings is 1. The minimum atomic E-state index is -1.09. The number of amides is 2. The van der Waals surface area contributed by atoms with Crippen LogP contribution >= 0.6 is 22.7 Å². The molecule has 0 fully saturated rings. The van der Waals surface area contributed by atoms with Gasteiger partial charge in [0.25, 0.3) is 0 Å². The molecule has 2 aromatic heterocycles. The smallest absolute Gasteiger partial charge is 0.331 e. The number of nitrogens with zero attached hydrogens (tertiary/aromatic N) is 1. The molecule has 110 valence electrons. The van der Waals surface area contributed by atoms with Gasteiger partial charge in [-0.25, -0.2) is 14.6 Å². The van der Waals surface area contributed by atoms with E-state index in [1.165, 1.54) is 27.6 Å². The van der Waals surface area contributed by atoms with Crippen LogP contribution in [0, 0.1) is 0 Å². The van der Waals surface area contributed by atoms with Crippen LogP contribution in [-0.2, 0) is 17.6 Å². The second kappa shape index (κ2) is 5.82. The van der Waals surface area contributed by atoms with Gasteiger partial charge in [0.15, 0.2) is 11.2 Å². The summed E-state index contributed by atoms with van der Waals surface area (Å²) >= 11 is 2.75. The summed E-state index contributed by atoms with van der Waals surface area (Å²) in [7, 11) is 0. The Morgan fingerprint density at radius 2 is 2.24 bits per heavy atom. The highest BCUT2D eigenvalue weighted by Crippen LogP contribution is 2.30. The summed E-state index contributed by atoms with van der Waals surface area (Å²) in [5.74, 6) is -1.09. The fourth-order valence-electron chi connectivity index (χ4n) is 2.22. The molecule has 0 saturated heterocycles. The van der Waals surface area contributed by atoms with Gasteiger partial charge in [0, 0.05) is 9.75 Å². The topological polar surface area (TPSA) is 91.3 Å². The van der Waals surface area contributed by atoms with Crippen LogP contribution in [0.3, 0.4) is 0 Å². The van der Waals surface area contributed by atoms with Gasteiger partial charge in [0.2, 0.25) is 0 Å². The predicted octanol–water partition coefficient (Wildman–Crippen LogP) is 2.64. The van der Waals surface area contributed by atoms with Crippen molar-refractivity contribution in [3.8, 4) is 0 Å². The van der Waals surface area contributed by atoms with Crippen molar-refractivity contribution in [2.75, 3.05) is 5.32 Å². The lowest BCUT2D eigenvalue weighted by Gasteiger charge is -2.12. The Bertz CT molecular complexity index is 645. The molecular formula is C13H13N3O3S2. The molecule has 2 heterocycles. The van der Waals surface area contributed by atoms with Gasteiger partial charge in [0.05, 0.1) is 5.69 Å². The number of urea groups is 1. The highest BCUT2D eigenvalue weighted by Gasteiger charge is 2.24. The molecular weight excluding hydrogens is 310 g/mol. The molecule has 0 spiro atoms. The highest BCUT2D eigenvalue weighted by atomic mass is 32.1. The van der Waals surface area contributed by atoms with E-state index in [0.29, 0.717) is 10.0 Å². The number of carbonyl (C=O) groups excluding carboxylic acids is 1. The summed E-state index contributed by atoms with van der Waals surface area (Å²) in [5.41, 5.74) is 1.04. The number of carboxylic acid groups (broad SMARTS) is 1. The molecule has 1 unspecified atom stereocenters. The number of hydrogen-bond acceptors (Lipinski definition) is 5. The van der Waals surface area contributed by atoms with Gasteiger partial charge in [0.1, 0.15) is 0 Å².